The van der Waals surface area contributed by atoms with Crippen LogP contribution in [0.15, 0.2) is 98.4 Å². The second kappa shape index (κ2) is 10.6. The number of aryl methyl sites for hydroxylation is 2. The lowest BCUT2D eigenvalue weighted by molar-refractivity contribution is 1.10. The molecular weight excluding hydrogens is 514 g/mol. The molecule has 0 aliphatic rings. The van der Waals surface area contributed by atoms with E-state index in [4.69, 9.17) is 9.97 Å². The normalized spacial score (nSPS) is 11.6. The van der Waals surface area contributed by atoms with E-state index < -0.39 is 0 Å². The zero-order valence-corrected chi connectivity index (χ0v) is 23.0. The minimum absolute atomic E-state index is 0.652. The van der Waals surface area contributed by atoms with Crippen LogP contribution in [-0.4, -0.2) is 30.1 Å². The first-order valence-corrected chi connectivity index (χ1v) is 13.6. The van der Waals surface area contributed by atoms with Gasteiger partial charge in [-0.15, -0.1) is 11.3 Å². The summed E-state index contributed by atoms with van der Waals surface area (Å²) in [7, 11) is 0. The monoisotopic (exact) mass is 541 g/mol. The van der Waals surface area contributed by atoms with Crippen LogP contribution in [0, 0.1) is 13.8 Å². The summed E-state index contributed by atoms with van der Waals surface area (Å²) in [6, 6.07) is 20.2. The quantitative estimate of drug-likeness (QED) is 0.171. The van der Waals surface area contributed by atoms with Crippen LogP contribution in [0.1, 0.15) is 26.7 Å². The number of nitrogens with one attached hydrogen (secondary N) is 3. The van der Waals surface area contributed by atoms with Crippen molar-refractivity contribution < 1.29 is 0 Å². The number of H-pyrrole nitrogens is 2. The second-order valence-corrected chi connectivity index (χ2v) is 10.7. The van der Waals surface area contributed by atoms with E-state index in [9.17, 15) is 0 Å². The van der Waals surface area contributed by atoms with Gasteiger partial charge in [0.15, 0.2) is 11.5 Å². The molecule has 0 amide bonds. The minimum atomic E-state index is 0.652. The Morgan fingerprint density at radius 1 is 1.00 bits per heavy atom. The summed E-state index contributed by atoms with van der Waals surface area (Å²) in [4.78, 5) is 20.2. The molecule has 0 aliphatic carbocycles. The molecule has 0 atom stereocenters. The molecule has 0 bridgehead atoms. The van der Waals surface area contributed by atoms with E-state index in [-0.39, 0.29) is 0 Å². The Morgan fingerprint density at radius 2 is 1.85 bits per heavy atom. The predicted octanol–water partition coefficient (Wildman–Crippen LogP) is 7.79. The van der Waals surface area contributed by atoms with Crippen molar-refractivity contribution in [3.8, 4) is 22.8 Å². The number of hydrogen-bond donors (Lipinski definition) is 3. The highest BCUT2D eigenvalue weighted by molar-refractivity contribution is 7.13. The molecular formula is C32H27N7S. The third-order valence-corrected chi connectivity index (χ3v) is 7.55. The number of thiophene rings is 1. The number of pyridine rings is 2. The minimum Gasteiger partial charge on any atom is -0.354 e. The van der Waals surface area contributed by atoms with Crippen LogP contribution in [0.5, 0.6) is 0 Å². The summed E-state index contributed by atoms with van der Waals surface area (Å²) in [6.07, 6.45) is 7.37. The molecule has 5 aromatic heterocycles. The summed E-state index contributed by atoms with van der Waals surface area (Å²) in [5.41, 5.74) is 9.35. The molecule has 0 saturated carbocycles. The molecule has 6 aromatic rings. The van der Waals surface area contributed by atoms with E-state index in [0.717, 1.165) is 61.1 Å². The first-order chi connectivity index (χ1) is 19.5. The SMILES string of the molecule is C=C/C=C(/c1ccc(C)s1)c1nc(-c2n[nH]c3ccc(-c4cncc(NC(=C)c5ccccc5)c4)nc23)[nH]c1C. The number of anilines is 1. The van der Waals surface area contributed by atoms with Crippen LogP contribution >= 0.6 is 11.3 Å². The van der Waals surface area contributed by atoms with E-state index in [1.807, 2.05) is 61.5 Å². The van der Waals surface area contributed by atoms with Gasteiger partial charge in [-0.05, 0) is 49.7 Å². The van der Waals surface area contributed by atoms with Crippen molar-refractivity contribution in [2.45, 2.75) is 13.8 Å². The maximum Gasteiger partial charge on any atom is 0.161 e. The van der Waals surface area contributed by atoms with Crippen molar-refractivity contribution in [3.63, 3.8) is 0 Å². The Kier molecular flexibility index (Phi) is 6.67. The van der Waals surface area contributed by atoms with Crippen molar-refractivity contribution in [2.75, 3.05) is 5.32 Å². The Balaban J connectivity index is 1.34. The fraction of sp³-hybridized carbons (Fsp3) is 0.0625. The highest BCUT2D eigenvalue weighted by Gasteiger charge is 2.19. The molecule has 0 radical (unpaired) electrons. The molecule has 6 rings (SSSR count). The number of fused-ring (bicyclic) bond motifs is 1. The van der Waals surface area contributed by atoms with Crippen LogP contribution in [0.2, 0.25) is 0 Å². The zero-order valence-electron chi connectivity index (χ0n) is 22.2. The van der Waals surface area contributed by atoms with E-state index in [0.29, 0.717) is 11.5 Å². The van der Waals surface area contributed by atoms with Gasteiger partial charge < -0.3 is 10.3 Å². The summed E-state index contributed by atoms with van der Waals surface area (Å²) >= 11 is 1.73. The fourth-order valence-corrected chi connectivity index (χ4v) is 5.46. The van der Waals surface area contributed by atoms with Gasteiger partial charge in [0, 0.05) is 38.5 Å². The molecule has 0 spiro atoms. The standard InChI is InChI=1S/C32H27N7S/c1-5-9-25(28-15-12-19(2)40-28)29-21(4)35-32(37-29)31-30-27(38-39-31)14-13-26(36-30)23-16-24(18-33-17-23)34-20(3)22-10-7-6-8-11-22/h5-18,34H,1,3H2,2,4H3,(H,35,37)(H,38,39)/b25-9-. The lowest BCUT2D eigenvalue weighted by atomic mass is 10.1. The van der Waals surface area contributed by atoms with E-state index in [2.05, 4.69) is 57.7 Å². The number of allylic oxidation sites excluding steroid dienone is 2. The van der Waals surface area contributed by atoms with Gasteiger partial charge in [0.05, 0.1) is 28.8 Å². The van der Waals surface area contributed by atoms with Crippen LogP contribution < -0.4 is 5.32 Å². The molecule has 0 aliphatic heterocycles. The molecule has 40 heavy (non-hydrogen) atoms. The van der Waals surface area contributed by atoms with Crippen molar-refractivity contribution in [1.82, 2.24) is 30.1 Å². The Morgan fingerprint density at radius 3 is 2.62 bits per heavy atom. The molecule has 5 heterocycles. The van der Waals surface area contributed by atoms with Crippen molar-refractivity contribution in [1.29, 1.82) is 0 Å². The first-order valence-electron chi connectivity index (χ1n) is 12.8. The number of aromatic amines is 2. The molecule has 196 valence electrons. The molecule has 0 saturated heterocycles. The molecule has 8 heteroatoms. The third kappa shape index (κ3) is 4.88. The number of rotatable bonds is 8. The average molecular weight is 542 g/mol. The number of aromatic nitrogens is 6. The summed E-state index contributed by atoms with van der Waals surface area (Å²) in [5, 5.41) is 11.0. The number of imidazole rings is 1. The molecule has 3 N–H and O–H groups in total. The van der Waals surface area contributed by atoms with Crippen molar-refractivity contribution in [2.24, 2.45) is 0 Å². The largest absolute Gasteiger partial charge is 0.354 e. The maximum atomic E-state index is 4.97. The second-order valence-electron chi connectivity index (χ2n) is 9.38. The van der Waals surface area contributed by atoms with Crippen LogP contribution in [-0.2, 0) is 0 Å². The average Bonchev–Trinajstić information content (AvgIpc) is 3.70. The lowest BCUT2D eigenvalue weighted by Gasteiger charge is -2.10. The van der Waals surface area contributed by atoms with Crippen LogP contribution in [0.3, 0.4) is 0 Å². The summed E-state index contributed by atoms with van der Waals surface area (Å²) in [6.45, 7) is 12.2. The Labute approximate surface area is 236 Å². The first kappa shape index (κ1) is 25.2. The van der Waals surface area contributed by atoms with Gasteiger partial charge in [-0.1, -0.05) is 55.6 Å². The number of hydrogen-bond acceptors (Lipinski definition) is 6. The summed E-state index contributed by atoms with van der Waals surface area (Å²) < 4.78 is 0. The summed E-state index contributed by atoms with van der Waals surface area (Å²) in [5.74, 6) is 0.652. The van der Waals surface area contributed by atoms with Crippen molar-refractivity contribution >= 4 is 39.3 Å². The zero-order chi connectivity index (χ0) is 27.6. The maximum absolute atomic E-state index is 4.97. The smallest absolute Gasteiger partial charge is 0.161 e. The number of nitrogens with zero attached hydrogens (tertiary/aromatic N) is 4. The van der Waals surface area contributed by atoms with E-state index >= 15 is 0 Å². The van der Waals surface area contributed by atoms with Gasteiger partial charge in [-0.25, -0.2) is 9.97 Å². The van der Waals surface area contributed by atoms with Gasteiger partial charge in [-0.3, -0.25) is 10.1 Å². The van der Waals surface area contributed by atoms with Crippen LogP contribution in [0.4, 0.5) is 5.69 Å². The highest BCUT2D eigenvalue weighted by Crippen LogP contribution is 2.33. The van der Waals surface area contributed by atoms with Gasteiger partial charge in [-0.2, -0.15) is 5.10 Å². The van der Waals surface area contributed by atoms with Gasteiger partial charge in [0.1, 0.15) is 5.52 Å². The Bertz CT molecular complexity index is 1890. The van der Waals surface area contributed by atoms with Gasteiger partial charge >= 0.3 is 0 Å². The molecule has 1 aromatic carbocycles. The van der Waals surface area contributed by atoms with Crippen molar-refractivity contribution in [3.05, 3.63) is 125 Å². The number of benzene rings is 1. The van der Waals surface area contributed by atoms with E-state index in [1.54, 1.807) is 29.8 Å². The lowest BCUT2D eigenvalue weighted by Crippen LogP contribution is -1.98. The Hall–Kier alpha value is -5.08. The predicted molar refractivity (Wildman–Crippen MR) is 165 cm³/mol. The highest BCUT2D eigenvalue weighted by atomic mass is 32.1. The van der Waals surface area contributed by atoms with Gasteiger partial charge in [0.2, 0.25) is 0 Å². The fourth-order valence-electron chi connectivity index (χ4n) is 4.57. The molecule has 0 unspecified atom stereocenters. The van der Waals surface area contributed by atoms with E-state index in [1.165, 1.54) is 4.88 Å². The third-order valence-electron chi connectivity index (χ3n) is 6.51. The molecule has 7 nitrogen and oxygen atoms in total. The van der Waals surface area contributed by atoms with Gasteiger partial charge in [0.25, 0.3) is 0 Å². The topological polar surface area (TPSA) is 95.2 Å². The molecule has 0 fully saturated rings. The van der Waals surface area contributed by atoms with Crippen LogP contribution in [0.25, 0.3) is 45.1 Å².